The van der Waals surface area contributed by atoms with Gasteiger partial charge in [-0.3, -0.25) is 9.59 Å². The number of rotatable bonds is 12. The fourth-order valence-corrected chi connectivity index (χ4v) is 5.82. The average Bonchev–Trinajstić information content (AvgIpc) is 2.86. The monoisotopic (exact) mass is 551 g/mol. The number of halogens is 2. The normalized spacial score (nSPS) is 20.6. The minimum Gasteiger partial charge on any atom is -0.390 e. The first kappa shape index (κ1) is 29.6. The Bertz CT molecular complexity index is 1280. The summed E-state index contributed by atoms with van der Waals surface area (Å²) >= 11 is 0. The first-order valence-electron chi connectivity index (χ1n) is 14.0. The fraction of sp³-hybridized carbons (Fsp3) is 0.438. The molecule has 1 saturated carbocycles. The molecule has 2 aliphatic carbocycles. The number of amides is 2. The Balaban J connectivity index is 1.50. The van der Waals surface area contributed by atoms with E-state index in [0.29, 0.717) is 17.7 Å². The number of allylic oxidation sites excluding steroid dienone is 2. The number of hydrogen-bond acceptors (Lipinski definition) is 4. The van der Waals surface area contributed by atoms with Crippen molar-refractivity contribution in [2.75, 3.05) is 6.54 Å². The zero-order valence-corrected chi connectivity index (χ0v) is 23.2. The lowest BCUT2D eigenvalue weighted by atomic mass is 9.60. The van der Waals surface area contributed by atoms with Crippen LogP contribution < -0.4 is 16.4 Å². The van der Waals surface area contributed by atoms with Crippen LogP contribution in [0.2, 0.25) is 0 Å². The number of primary amides is 1. The Kier molecular flexibility index (Phi) is 9.53. The van der Waals surface area contributed by atoms with Crippen LogP contribution in [0.25, 0.3) is 0 Å². The topological polar surface area (TPSA) is 104 Å². The maximum atomic E-state index is 13.9. The van der Waals surface area contributed by atoms with E-state index in [4.69, 9.17) is 5.73 Å². The van der Waals surface area contributed by atoms with Gasteiger partial charge < -0.3 is 21.5 Å². The van der Waals surface area contributed by atoms with Crippen LogP contribution in [-0.2, 0) is 29.0 Å². The highest BCUT2D eigenvalue weighted by atomic mass is 19.1. The van der Waals surface area contributed by atoms with Gasteiger partial charge in [0.1, 0.15) is 11.6 Å². The molecule has 0 spiro atoms. The van der Waals surface area contributed by atoms with Gasteiger partial charge in [-0.1, -0.05) is 55.3 Å². The van der Waals surface area contributed by atoms with Gasteiger partial charge in [-0.05, 0) is 73.8 Å². The fourth-order valence-electron chi connectivity index (χ4n) is 5.82. The molecule has 5 N–H and O–H groups in total. The van der Waals surface area contributed by atoms with Gasteiger partial charge >= 0.3 is 0 Å². The van der Waals surface area contributed by atoms with Gasteiger partial charge in [-0.25, -0.2) is 8.78 Å². The van der Waals surface area contributed by atoms with E-state index in [-0.39, 0.29) is 25.3 Å². The molecule has 2 aliphatic rings. The molecule has 40 heavy (non-hydrogen) atoms. The lowest BCUT2D eigenvalue weighted by Gasteiger charge is -2.43. The second-order valence-corrected chi connectivity index (χ2v) is 11.2. The first-order valence-corrected chi connectivity index (χ1v) is 14.0. The highest BCUT2D eigenvalue weighted by Gasteiger charge is 2.47. The van der Waals surface area contributed by atoms with Crippen molar-refractivity contribution in [2.24, 2.45) is 17.1 Å². The average molecular weight is 552 g/mol. The quantitative estimate of drug-likeness (QED) is 0.317. The van der Waals surface area contributed by atoms with Crippen LogP contribution in [0.3, 0.4) is 0 Å². The predicted molar refractivity (Wildman–Crippen MR) is 151 cm³/mol. The molecule has 0 aliphatic heterocycles. The Morgan fingerprint density at radius 3 is 2.42 bits per heavy atom. The molecule has 0 radical (unpaired) electrons. The zero-order chi connectivity index (χ0) is 28.9. The molecule has 1 unspecified atom stereocenters. The van der Waals surface area contributed by atoms with Gasteiger partial charge in [0.05, 0.1) is 17.6 Å². The van der Waals surface area contributed by atoms with Crippen LogP contribution in [0.1, 0.15) is 56.2 Å². The van der Waals surface area contributed by atoms with E-state index in [1.807, 2.05) is 25.1 Å². The second kappa shape index (κ2) is 12.9. The number of carbonyl (C=O) groups excluding carboxylic acids is 2. The summed E-state index contributed by atoms with van der Waals surface area (Å²) in [5.74, 6) is -2.26. The molecule has 2 amide bonds. The molecule has 6 nitrogen and oxygen atoms in total. The second-order valence-electron chi connectivity index (χ2n) is 11.2. The van der Waals surface area contributed by atoms with Crippen LogP contribution in [0.4, 0.5) is 8.78 Å². The van der Waals surface area contributed by atoms with E-state index in [1.165, 1.54) is 17.7 Å². The molecule has 0 bridgehead atoms. The maximum absolute atomic E-state index is 13.9. The van der Waals surface area contributed by atoms with E-state index < -0.39 is 41.0 Å². The minimum atomic E-state index is -1.06. The largest absolute Gasteiger partial charge is 0.390 e. The van der Waals surface area contributed by atoms with Crippen molar-refractivity contribution in [2.45, 2.75) is 71.1 Å². The number of aliphatic hydroxyl groups excluding tert-OH is 1. The Morgan fingerprint density at radius 1 is 1.10 bits per heavy atom. The number of nitrogens with one attached hydrogen (secondary N) is 2. The molecule has 3 atom stereocenters. The van der Waals surface area contributed by atoms with Gasteiger partial charge in [0, 0.05) is 24.7 Å². The summed E-state index contributed by atoms with van der Waals surface area (Å²) in [7, 11) is 0. The molecule has 0 heterocycles. The van der Waals surface area contributed by atoms with E-state index in [0.717, 1.165) is 42.9 Å². The summed E-state index contributed by atoms with van der Waals surface area (Å²) < 4.78 is 27.9. The van der Waals surface area contributed by atoms with Crippen LogP contribution in [0.5, 0.6) is 0 Å². The van der Waals surface area contributed by atoms with Crippen molar-refractivity contribution in [3.63, 3.8) is 0 Å². The molecule has 4 rings (SSSR count). The highest BCUT2D eigenvalue weighted by molar-refractivity contribution is 5.97. The van der Waals surface area contributed by atoms with E-state index >= 15 is 0 Å². The third-order valence-electron chi connectivity index (χ3n) is 8.20. The van der Waals surface area contributed by atoms with Gasteiger partial charge in [-0.15, -0.1) is 0 Å². The number of hydrogen-bond donors (Lipinski definition) is 4. The van der Waals surface area contributed by atoms with Crippen molar-refractivity contribution < 1.29 is 23.5 Å². The van der Waals surface area contributed by atoms with Crippen LogP contribution in [-0.4, -0.2) is 35.6 Å². The summed E-state index contributed by atoms with van der Waals surface area (Å²) in [5.41, 5.74) is 8.72. The summed E-state index contributed by atoms with van der Waals surface area (Å²) in [6, 6.07) is 10.4. The molecule has 1 fully saturated rings. The third kappa shape index (κ3) is 7.04. The van der Waals surface area contributed by atoms with Gasteiger partial charge in [0.25, 0.3) is 0 Å². The van der Waals surface area contributed by atoms with Crippen LogP contribution in [0, 0.1) is 23.0 Å². The Hall–Kier alpha value is -3.36. The predicted octanol–water partition coefficient (Wildman–Crippen LogP) is 4.25. The van der Waals surface area contributed by atoms with Crippen molar-refractivity contribution in [3.05, 3.63) is 94.1 Å². The number of benzene rings is 2. The standard InChI is InChI=1S/C32H39F2N3O3/c1-3-21-6-4-7-22(11-21)18-36-19-29(38)28(14-23-12-26(33)15-27(34)13-23)37-30(39)24-10-20(2)16-32(17-24,31(35)40)25-8-5-9-25/h4,6-7,10-13,15-16,25,28-29,36,38H,3,5,8-9,14,17-19H2,1-2H3,(H2,35,40)(H,37,39)/t28-,29+,32?/m0/s1. The van der Waals surface area contributed by atoms with E-state index in [9.17, 15) is 23.5 Å². The molecule has 2 aromatic rings. The summed E-state index contributed by atoms with van der Waals surface area (Å²) in [6.45, 7) is 4.57. The Labute approximate surface area is 234 Å². The van der Waals surface area contributed by atoms with E-state index in [1.54, 1.807) is 6.08 Å². The molecule has 214 valence electrons. The number of carbonyl (C=O) groups is 2. The van der Waals surface area contributed by atoms with Gasteiger partial charge in [-0.2, -0.15) is 0 Å². The van der Waals surface area contributed by atoms with E-state index in [2.05, 4.69) is 29.7 Å². The highest BCUT2D eigenvalue weighted by Crippen LogP contribution is 2.49. The molecule has 0 aromatic heterocycles. The van der Waals surface area contributed by atoms with Crippen molar-refractivity contribution >= 4 is 11.8 Å². The molecular weight excluding hydrogens is 512 g/mol. The van der Waals surface area contributed by atoms with Crippen molar-refractivity contribution in [3.8, 4) is 0 Å². The van der Waals surface area contributed by atoms with Crippen LogP contribution in [0.15, 0.2) is 65.8 Å². The number of aliphatic hydroxyl groups is 1. The number of nitrogens with two attached hydrogens (primary N) is 1. The third-order valence-corrected chi connectivity index (χ3v) is 8.20. The molecule has 0 saturated heterocycles. The SMILES string of the molecule is CCc1cccc(CNC[C@@H](O)[C@H](Cc2cc(F)cc(F)c2)NC(=O)C2=CC(C)=CC(C(N)=O)(C3CCC3)C2)c1. The van der Waals surface area contributed by atoms with Gasteiger partial charge in [0.2, 0.25) is 11.8 Å². The molecule has 2 aromatic carbocycles. The van der Waals surface area contributed by atoms with Crippen molar-refractivity contribution in [1.82, 2.24) is 10.6 Å². The minimum absolute atomic E-state index is 0.0142. The lowest BCUT2D eigenvalue weighted by molar-refractivity contribution is -0.130. The van der Waals surface area contributed by atoms with Crippen LogP contribution >= 0.6 is 0 Å². The number of aryl methyl sites for hydroxylation is 1. The smallest absolute Gasteiger partial charge is 0.247 e. The maximum Gasteiger partial charge on any atom is 0.247 e. The zero-order valence-electron chi connectivity index (χ0n) is 23.2. The molecule has 8 heteroatoms. The van der Waals surface area contributed by atoms with Gasteiger partial charge in [0.15, 0.2) is 0 Å². The first-order chi connectivity index (χ1) is 19.1. The van der Waals surface area contributed by atoms with Crippen molar-refractivity contribution in [1.29, 1.82) is 0 Å². The summed E-state index contributed by atoms with van der Waals surface area (Å²) in [6.07, 6.45) is 6.44. The molecular formula is C32H39F2N3O3. The lowest BCUT2D eigenvalue weighted by Crippen LogP contribution is -2.51. The summed E-state index contributed by atoms with van der Waals surface area (Å²) in [5, 5.41) is 17.3. The Morgan fingerprint density at radius 2 is 1.80 bits per heavy atom. The summed E-state index contributed by atoms with van der Waals surface area (Å²) in [4.78, 5) is 26.2.